The van der Waals surface area contributed by atoms with Gasteiger partial charge in [0.1, 0.15) is 0 Å². The first-order valence-electron chi connectivity index (χ1n) is 6.12. The lowest BCUT2D eigenvalue weighted by Crippen LogP contribution is -2.23. The predicted molar refractivity (Wildman–Crippen MR) is 81.1 cm³/mol. The monoisotopic (exact) mass is 324 g/mol. The van der Waals surface area contributed by atoms with Gasteiger partial charge in [-0.2, -0.15) is 0 Å². The summed E-state index contributed by atoms with van der Waals surface area (Å²) in [7, 11) is 0. The van der Waals surface area contributed by atoms with E-state index in [1.807, 2.05) is 29.7 Å². The number of aryl methyl sites for hydroxylation is 1. The summed E-state index contributed by atoms with van der Waals surface area (Å²) in [6, 6.07) is 8.53. The van der Waals surface area contributed by atoms with Crippen LogP contribution in [0.1, 0.15) is 34.8 Å². The van der Waals surface area contributed by atoms with E-state index >= 15 is 0 Å². The van der Waals surface area contributed by atoms with Crippen molar-refractivity contribution in [2.45, 2.75) is 26.3 Å². The lowest BCUT2D eigenvalue weighted by atomic mass is 10.1. The number of nitrogens with zero attached hydrogens (tertiary/aromatic N) is 1. The van der Waals surface area contributed by atoms with Crippen LogP contribution in [-0.4, -0.2) is 11.5 Å². The Morgan fingerprint density at radius 1 is 1.39 bits per heavy atom. The zero-order valence-corrected chi connectivity index (χ0v) is 13.0. The van der Waals surface area contributed by atoms with Gasteiger partial charge in [0.15, 0.2) is 0 Å². The van der Waals surface area contributed by atoms with Crippen LogP contribution in [0.4, 0.5) is 0 Å². The minimum absolute atomic E-state index is 0.180. The van der Waals surface area contributed by atoms with Crippen LogP contribution in [0.3, 0.4) is 0 Å². The van der Waals surface area contributed by atoms with Crippen molar-refractivity contribution in [3.63, 3.8) is 0 Å². The Morgan fingerprint density at radius 3 is 2.83 bits per heavy atom. The van der Waals surface area contributed by atoms with E-state index in [0.29, 0.717) is 0 Å². The van der Waals surface area contributed by atoms with Gasteiger partial charge in [-0.05, 0) is 60.1 Å². The third-order valence-corrected chi connectivity index (χ3v) is 4.44. The molecule has 2 nitrogen and oxygen atoms in total. The molecule has 0 fully saturated rings. The molecular weight excluding hydrogens is 308 g/mol. The molecular formula is C14H17BrN2S. The van der Waals surface area contributed by atoms with Crippen LogP contribution < -0.4 is 5.32 Å². The lowest BCUT2D eigenvalue weighted by Gasteiger charge is -2.17. The maximum atomic E-state index is 4.51. The summed E-state index contributed by atoms with van der Waals surface area (Å²) in [6.45, 7) is 5.31. The minimum atomic E-state index is 0.180. The maximum Gasteiger partial charge on any atom is 0.0856 e. The Morgan fingerprint density at radius 2 is 2.22 bits per heavy atom. The summed E-state index contributed by atoms with van der Waals surface area (Å²) in [5.41, 5.74) is 1.06. The molecule has 0 saturated heterocycles. The number of thiophene rings is 1. The minimum Gasteiger partial charge on any atom is -0.304 e. The van der Waals surface area contributed by atoms with Crippen molar-refractivity contribution in [3.05, 3.63) is 50.4 Å². The summed E-state index contributed by atoms with van der Waals surface area (Å²) in [5, 5.41) is 3.57. The average Bonchev–Trinajstić information content (AvgIpc) is 2.78. The molecule has 0 radical (unpaired) electrons. The number of halogens is 1. The summed E-state index contributed by atoms with van der Waals surface area (Å²) in [6.07, 6.45) is 2.96. The number of hydrogen-bond donors (Lipinski definition) is 1. The van der Waals surface area contributed by atoms with E-state index in [0.717, 1.165) is 23.1 Å². The topological polar surface area (TPSA) is 24.9 Å². The molecule has 0 bridgehead atoms. The van der Waals surface area contributed by atoms with Gasteiger partial charge in [0.05, 0.1) is 11.7 Å². The van der Waals surface area contributed by atoms with Crippen LogP contribution in [0.25, 0.3) is 0 Å². The largest absolute Gasteiger partial charge is 0.304 e. The van der Waals surface area contributed by atoms with Crippen molar-refractivity contribution >= 4 is 27.3 Å². The van der Waals surface area contributed by atoms with Crippen LogP contribution in [-0.2, 0) is 0 Å². The normalized spacial score (nSPS) is 12.6. The zero-order chi connectivity index (χ0) is 13.0. The Bertz CT molecular complexity index is 510. The van der Waals surface area contributed by atoms with Crippen LogP contribution >= 0.6 is 27.3 Å². The van der Waals surface area contributed by atoms with Crippen molar-refractivity contribution in [1.29, 1.82) is 0 Å². The molecule has 2 aromatic heterocycles. The summed E-state index contributed by atoms with van der Waals surface area (Å²) < 4.78 is 1.06. The van der Waals surface area contributed by atoms with Crippen LogP contribution in [0, 0.1) is 6.92 Å². The second-order valence-corrected chi connectivity index (χ2v) is 6.38. The second-order valence-electron chi connectivity index (χ2n) is 4.21. The smallest absolute Gasteiger partial charge is 0.0856 e. The van der Waals surface area contributed by atoms with E-state index in [-0.39, 0.29) is 6.04 Å². The molecule has 0 aromatic carbocycles. The quantitative estimate of drug-likeness (QED) is 0.886. The molecule has 0 saturated carbocycles. The molecule has 0 aliphatic rings. The van der Waals surface area contributed by atoms with Crippen molar-refractivity contribution in [3.8, 4) is 0 Å². The Kier molecular flexibility index (Phi) is 4.92. The van der Waals surface area contributed by atoms with Crippen molar-refractivity contribution in [2.75, 3.05) is 6.54 Å². The highest BCUT2D eigenvalue weighted by atomic mass is 79.9. The molecule has 0 amide bonds. The van der Waals surface area contributed by atoms with E-state index in [4.69, 9.17) is 0 Å². The van der Waals surface area contributed by atoms with Gasteiger partial charge >= 0.3 is 0 Å². The predicted octanol–water partition coefficient (Wildman–Crippen LogP) is 4.30. The molecule has 96 valence electrons. The second kappa shape index (κ2) is 6.45. The number of rotatable bonds is 5. The molecule has 18 heavy (non-hydrogen) atoms. The van der Waals surface area contributed by atoms with Gasteiger partial charge in [-0.1, -0.05) is 6.92 Å². The van der Waals surface area contributed by atoms with Gasteiger partial charge in [0.2, 0.25) is 0 Å². The third kappa shape index (κ3) is 3.19. The summed E-state index contributed by atoms with van der Waals surface area (Å²) in [4.78, 5) is 7.17. The molecule has 2 aromatic rings. The molecule has 2 heterocycles. The van der Waals surface area contributed by atoms with Crippen molar-refractivity contribution in [1.82, 2.24) is 10.3 Å². The Labute approximate surface area is 121 Å². The highest BCUT2D eigenvalue weighted by molar-refractivity contribution is 9.10. The molecule has 2 rings (SSSR count). The number of pyridine rings is 1. The van der Waals surface area contributed by atoms with E-state index in [9.17, 15) is 0 Å². The van der Waals surface area contributed by atoms with E-state index in [1.165, 1.54) is 9.75 Å². The number of hydrogen-bond acceptors (Lipinski definition) is 3. The third-order valence-electron chi connectivity index (χ3n) is 2.70. The van der Waals surface area contributed by atoms with Crippen LogP contribution in [0.2, 0.25) is 0 Å². The van der Waals surface area contributed by atoms with Gasteiger partial charge in [-0.25, -0.2) is 0 Å². The summed E-state index contributed by atoms with van der Waals surface area (Å²) in [5.74, 6) is 0. The van der Waals surface area contributed by atoms with Gasteiger partial charge in [0, 0.05) is 20.4 Å². The fraction of sp³-hybridized carbons (Fsp3) is 0.357. The molecule has 4 heteroatoms. The fourth-order valence-corrected chi connectivity index (χ4v) is 3.28. The standard InChI is InChI=1S/C14H17BrN2S/c1-3-8-16-14(12-7-6-10(2)18-12)13-11(15)5-4-9-17-13/h4-7,9,14,16H,3,8H2,1-2H3. The van der Waals surface area contributed by atoms with Crippen molar-refractivity contribution < 1.29 is 0 Å². The Hall–Kier alpha value is -0.710. The highest BCUT2D eigenvalue weighted by Crippen LogP contribution is 2.30. The first-order chi connectivity index (χ1) is 8.72. The summed E-state index contributed by atoms with van der Waals surface area (Å²) >= 11 is 5.42. The lowest BCUT2D eigenvalue weighted by molar-refractivity contribution is 0.591. The first kappa shape index (κ1) is 13.7. The average molecular weight is 325 g/mol. The van der Waals surface area contributed by atoms with E-state index < -0.39 is 0 Å². The first-order valence-corrected chi connectivity index (χ1v) is 7.73. The van der Waals surface area contributed by atoms with Gasteiger partial charge in [-0.15, -0.1) is 11.3 Å². The zero-order valence-electron chi connectivity index (χ0n) is 10.6. The van der Waals surface area contributed by atoms with Crippen LogP contribution in [0.5, 0.6) is 0 Å². The van der Waals surface area contributed by atoms with Gasteiger partial charge in [-0.3, -0.25) is 4.98 Å². The molecule has 0 aliphatic carbocycles. The molecule has 0 aliphatic heterocycles. The molecule has 0 spiro atoms. The Balaban J connectivity index is 2.33. The highest BCUT2D eigenvalue weighted by Gasteiger charge is 2.18. The molecule has 1 unspecified atom stereocenters. The van der Waals surface area contributed by atoms with Crippen LogP contribution in [0.15, 0.2) is 34.9 Å². The number of nitrogens with one attached hydrogen (secondary N) is 1. The van der Waals surface area contributed by atoms with Crippen molar-refractivity contribution in [2.24, 2.45) is 0 Å². The molecule has 1 atom stereocenters. The number of aromatic nitrogens is 1. The van der Waals surface area contributed by atoms with Gasteiger partial charge in [0.25, 0.3) is 0 Å². The maximum absolute atomic E-state index is 4.51. The SMILES string of the molecule is CCCNC(c1ccc(C)s1)c1ncccc1Br. The van der Waals surface area contributed by atoms with E-state index in [1.54, 1.807) is 0 Å². The van der Waals surface area contributed by atoms with E-state index in [2.05, 4.69) is 52.2 Å². The van der Waals surface area contributed by atoms with Gasteiger partial charge < -0.3 is 5.32 Å². The fourth-order valence-electron chi connectivity index (χ4n) is 1.84. The molecule has 1 N–H and O–H groups in total.